The quantitative estimate of drug-likeness (QED) is 0.329. The van der Waals surface area contributed by atoms with Gasteiger partial charge in [0.2, 0.25) is 15.9 Å². The van der Waals surface area contributed by atoms with Gasteiger partial charge in [0, 0.05) is 19.6 Å². The Bertz CT molecular complexity index is 1610. The number of methoxy groups -OCH3 is 1. The lowest BCUT2D eigenvalue weighted by Gasteiger charge is -2.43. The van der Waals surface area contributed by atoms with Crippen LogP contribution in [0.25, 0.3) is 10.8 Å². The SMILES string of the molecule is COc1ccc2ccc(S(=O)(=O)N(Cc3ccccc3)[C@H]3CN(Cc4cccc(C#N)c4)C3=O)cc2c1. The number of fused-ring (bicyclic) bond motifs is 1. The predicted octanol–water partition coefficient (Wildman–Crippen LogP) is 4.32. The Morgan fingerprint density at radius 1 is 0.946 bits per heavy atom. The second kappa shape index (κ2) is 10.1. The van der Waals surface area contributed by atoms with Crippen molar-refractivity contribution < 1.29 is 17.9 Å². The van der Waals surface area contributed by atoms with E-state index in [2.05, 4.69) is 6.07 Å². The summed E-state index contributed by atoms with van der Waals surface area (Å²) >= 11 is 0. The minimum atomic E-state index is -4.01. The van der Waals surface area contributed by atoms with Crippen LogP contribution in [0.4, 0.5) is 0 Å². The molecule has 1 aliphatic rings. The standard InChI is InChI=1S/C29H25N3O4S/c1-36-26-12-10-24-11-13-27(16-25(24)15-26)37(34,35)32(19-21-6-3-2-4-7-21)28-20-31(29(28)33)18-23-9-5-8-22(14-23)17-30/h2-16,28H,18-20H2,1H3/t28-/m0/s1. The largest absolute Gasteiger partial charge is 0.497 e. The maximum absolute atomic E-state index is 14.0. The highest BCUT2D eigenvalue weighted by Crippen LogP contribution is 2.30. The molecule has 0 spiro atoms. The highest BCUT2D eigenvalue weighted by atomic mass is 32.2. The summed E-state index contributed by atoms with van der Waals surface area (Å²) in [6, 6.07) is 28.1. The topological polar surface area (TPSA) is 90.7 Å². The molecule has 0 aromatic heterocycles. The van der Waals surface area contributed by atoms with Crippen molar-refractivity contribution in [1.82, 2.24) is 9.21 Å². The van der Waals surface area contributed by atoms with E-state index >= 15 is 0 Å². The average Bonchev–Trinajstić information content (AvgIpc) is 2.93. The summed E-state index contributed by atoms with van der Waals surface area (Å²) in [5.41, 5.74) is 2.14. The van der Waals surface area contributed by atoms with Crippen molar-refractivity contribution >= 4 is 26.7 Å². The molecule has 4 aromatic carbocycles. The molecular weight excluding hydrogens is 486 g/mol. The number of rotatable bonds is 8. The Kier molecular flexibility index (Phi) is 6.66. The molecule has 37 heavy (non-hydrogen) atoms. The fourth-order valence-electron chi connectivity index (χ4n) is 4.54. The number of sulfonamides is 1. The van der Waals surface area contributed by atoms with E-state index in [0.29, 0.717) is 17.9 Å². The van der Waals surface area contributed by atoms with Gasteiger partial charge >= 0.3 is 0 Å². The van der Waals surface area contributed by atoms with Crippen molar-refractivity contribution in [2.45, 2.75) is 24.0 Å². The Balaban J connectivity index is 1.45. The van der Waals surface area contributed by atoms with Crippen LogP contribution in [0.1, 0.15) is 16.7 Å². The zero-order valence-electron chi connectivity index (χ0n) is 20.2. The van der Waals surface area contributed by atoms with E-state index in [1.807, 2.05) is 48.5 Å². The van der Waals surface area contributed by atoms with Crippen LogP contribution in [0.3, 0.4) is 0 Å². The Morgan fingerprint density at radius 3 is 2.43 bits per heavy atom. The lowest BCUT2D eigenvalue weighted by Crippen LogP contribution is -2.64. The third-order valence-corrected chi connectivity index (χ3v) is 8.42. The highest BCUT2D eigenvalue weighted by molar-refractivity contribution is 7.89. The van der Waals surface area contributed by atoms with Gasteiger partial charge in [-0.05, 0) is 58.3 Å². The molecule has 1 heterocycles. The van der Waals surface area contributed by atoms with Gasteiger partial charge in [-0.1, -0.05) is 54.6 Å². The molecule has 0 radical (unpaired) electrons. The molecule has 0 bridgehead atoms. The molecule has 1 saturated heterocycles. The van der Waals surface area contributed by atoms with Crippen molar-refractivity contribution in [3.05, 3.63) is 108 Å². The zero-order chi connectivity index (χ0) is 26.0. The minimum Gasteiger partial charge on any atom is -0.497 e. The molecule has 5 rings (SSSR count). The summed E-state index contributed by atoms with van der Waals surface area (Å²) in [6.07, 6.45) is 0. The maximum atomic E-state index is 14.0. The molecule has 4 aromatic rings. The molecule has 186 valence electrons. The molecule has 1 aliphatic heterocycles. The highest BCUT2D eigenvalue weighted by Gasteiger charge is 2.45. The van der Waals surface area contributed by atoms with Crippen molar-refractivity contribution in [2.75, 3.05) is 13.7 Å². The Labute approximate surface area is 216 Å². The lowest BCUT2D eigenvalue weighted by atomic mass is 10.0. The number of carbonyl (C=O) groups is 1. The fraction of sp³-hybridized carbons (Fsp3) is 0.172. The van der Waals surface area contributed by atoms with Crippen molar-refractivity contribution in [2.24, 2.45) is 0 Å². The fourth-order valence-corrected chi connectivity index (χ4v) is 6.14. The van der Waals surface area contributed by atoms with E-state index in [1.54, 1.807) is 54.5 Å². The third-order valence-electron chi connectivity index (χ3n) is 6.57. The van der Waals surface area contributed by atoms with Gasteiger partial charge in [-0.2, -0.15) is 9.57 Å². The number of β-lactam (4-membered cyclic amide) rings is 1. The molecule has 0 saturated carbocycles. The first kappa shape index (κ1) is 24.5. The number of hydrogen-bond acceptors (Lipinski definition) is 5. The van der Waals surface area contributed by atoms with E-state index in [-0.39, 0.29) is 23.9 Å². The van der Waals surface area contributed by atoms with Gasteiger partial charge in [0.25, 0.3) is 0 Å². The number of benzene rings is 4. The van der Waals surface area contributed by atoms with E-state index in [0.717, 1.165) is 21.9 Å². The van der Waals surface area contributed by atoms with E-state index in [4.69, 9.17) is 10.00 Å². The second-order valence-corrected chi connectivity index (χ2v) is 10.8. The van der Waals surface area contributed by atoms with Gasteiger partial charge < -0.3 is 9.64 Å². The van der Waals surface area contributed by atoms with Crippen LogP contribution in [-0.4, -0.2) is 43.2 Å². The van der Waals surface area contributed by atoms with Crippen LogP contribution in [0.2, 0.25) is 0 Å². The molecular formula is C29H25N3O4S. The molecule has 1 atom stereocenters. The number of amides is 1. The molecule has 8 heteroatoms. The van der Waals surface area contributed by atoms with Crippen LogP contribution in [0.15, 0.2) is 95.9 Å². The summed E-state index contributed by atoms with van der Waals surface area (Å²) in [5, 5.41) is 10.8. The first-order valence-electron chi connectivity index (χ1n) is 11.8. The van der Waals surface area contributed by atoms with Crippen molar-refractivity contribution in [3.63, 3.8) is 0 Å². The second-order valence-electron chi connectivity index (χ2n) is 8.96. The third kappa shape index (κ3) is 4.92. The van der Waals surface area contributed by atoms with Crippen LogP contribution in [0.5, 0.6) is 5.75 Å². The van der Waals surface area contributed by atoms with Gasteiger partial charge in [0.05, 0.1) is 23.6 Å². The number of nitriles is 1. The van der Waals surface area contributed by atoms with Crippen LogP contribution in [0, 0.1) is 11.3 Å². The van der Waals surface area contributed by atoms with E-state index in [1.165, 1.54) is 4.31 Å². The first-order valence-corrected chi connectivity index (χ1v) is 13.2. The molecule has 0 unspecified atom stereocenters. The van der Waals surface area contributed by atoms with E-state index < -0.39 is 16.1 Å². The normalized spacial score (nSPS) is 15.4. The average molecular weight is 512 g/mol. The summed E-state index contributed by atoms with van der Waals surface area (Å²) in [6.45, 7) is 0.663. The Morgan fingerprint density at radius 2 is 1.70 bits per heavy atom. The number of carbonyl (C=O) groups excluding carboxylic acids is 1. The molecule has 0 N–H and O–H groups in total. The van der Waals surface area contributed by atoms with Crippen molar-refractivity contribution in [3.8, 4) is 11.8 Å². The van der Waals surface area contributed by atoms with Crippen LogP contribution in [-0.2, 0) is 27.9 Å². The summed E-state index contributed by atoms with van der Waals surface area (Å²) in [5.74, 6) is 0.373. The van der Waals surface area contributed by atoms with Gasteiger partial charge in [-0.25, -0.2) is 8.42 Å². The van der Waals surface area contributed by atoms with Gasteiger partial charge in [-0.15, -0.1) is 0 Å². The molecule has 0 aliphatic carbocycles. The van der Waals surface area contributed by atoms with Gasteiger partial charge in [-0.3, -0.25) is 4.79 Å². The molecule has 1 fully saturated rings. The monoisotopic (exact) mass is 511 g/mol. The number of nitrogens with zero attached hydrogens (tertiary/aromatic N) is 3. The smallest absolute Gasteiger partial charge is 0.244 e. The summed E-state index contributed by atoms with van der Waals surface area (Å²) in [4.78, 5) is 15.0. The van der Waals surface area contributed by atoms with Crippen LogP contribution >= 0.6 is 0 Å². The summed E-state index contributed by atoms with van der Waals surface area (Å²) in [7, 11) is -2.44. The predicted molar refractivity (Wildman–Crippen MR) is 140 cm³/mol. The van der Waals surface area contributed by atoms with Gasteiger partial charge in [0.15, 0.2) is 0 Å². The first-order chi connectivity index (χ1) is 17.9. The number of ether oxygens (including phenoxy) is 1. The minimum absolute atomic E-state index is 0.0769. The van der Waals surface area contributed by atoms with E-state index in [9.17, 15) is 13.2 Å². The van der Waals surface area contributed by atoms with Gasteiger partial charge in [0.1, 0.15) is 11.8 Å². The lowest BCUT2D eigenvalue weighted by molar-refractivity contribution is -0.148. The number of hydrogen-bond donors (Lipinski definition) is 0. The maximum Gasteiger partial charge on any atom is 0.244 e. The molecule has 1 amide bonds. The molecule has 7 nitrogen and oxygen atoms in total. The zero-order valence-corrected chi connectivity index (χ0v) is 21.1. The van der Waals surface area contributed by atoms with Crippen molar-refractivity contribution in [1.29, 1.82) is 5.26 Å². The Hall–Kier alpha value is -4.19. The van der Waals surface area contributed by atoms with Crippen LogP contribution < -0.4 is 4.74 Å². The number of likely N-dealkylation sites (tertiary alicyclic amines) is 1. The summed E-state index contributed by atoms with van der Waals surface area (Å²) < 4.78 is 34.5.